The van der Waals surface area contributed by atoms with Crippen LogP contribution in [0.4, 0.5) is 4.39 Å². The van der Waals surface area contributed by atoms with Crippen LogP contribution in [0.5, 0.6) is 11.5 Å². The highest BCUT2D eigenvalue weighted by molar-refractivity contribution is 8.14. The third-order valence-corrected chi connectivity index (χ3v) is 6.68. The maximum Gasteiger partial charge on any atom is 0.249 e. The predicted octanol–water partition coefficient (Wildman–Crippen LogP) is 4.84. The van der Waals surface area contributed by atoms with Crippen LogP contribution in [0, 0.1) is 5.82 Å². The summed E-state index contributed by atoms with van der Waals surface area (Å²) in [4.78, 5) is 13.8. The third-order valence-electron chi connectivity index (χ3n) is 4.69. The number of alkyl halides is 1. The first-order valence-electron chi connectivity index (χ1n) is 8.58. The van der Waals surface area contributed by atoms with Crippen molar-refractivity contribution in [3.63, 3.8) is 0 Å². The van der Waals surface area contributed by atoms with Crippen molar-refractivity contribution < 1.29 is 19.0 Å². The number of thioether (sulfide) groups is 1. The summed E-state index contributed by atoms with van der Waals surface area (Å²) in [5, 5.41) is 18.0. The molecule has 2 unspecified atom stereocenters. The molecule has 6 nitrogen and oxygen atoms in total. The highest BCUT2D eigenvalue weighted by Crippen LogP contribution is 2.43. The average Bonchev–Trinajstić information content (AvgIpc) is 2.74. The van der Waals surface area contributed by atoms with Crippen molar-refractivity contribution >= 4 is 63.4 Å². The van der Waals surface area contributed by atoms with Gasteiger partial charge in [-0.1, -0.05) is 41.0 Å². The van der Waals surface area contributed by atoms with Crippen LogP contribution >= 0.6 is 46.6 Å². The Morgan fingerprint density at radius 3 is 2.63 bits per heavy atom. The molecule has 0 radical (unpaired) electrons. The van der Waals surface area contributed by atoms with Crippen LogP contribution < -0.4 is 4.74 Å². The van der Waals surface area contributed by atoms with Gasteiger partial charge in [-0.05, 0) is 29.8 Å². The monoisotopic (exact) mass is 487 g/mol. The summed E-state index contributed by atoms with van der Waals surface area (Å²) < 4.78 is 18.9. The van der Waals surface area contributed by atoms with Gasteiger partial charge in [-0.2, -0.15) is 5.10 Å². The van der Waals surface area contributed by atoms with Crippen molar-refractivity contribution in [2.75, 3.05) is 12.9 Å². The summed E-state index contributed by atoms with van der Waals surface area (Å²) in [6.45, 7) is 0. The number of halogens is 4. The number of phenols is 1. The van der Waals surface area contributed by atoms with E-state index < -0.39 is 17.2 Å². The van der Waals surface area contributed by atoms with Crippen LogP contribution in [0.3, 0.4) is 0 Å². The fraction of sp³-hybridized carbons (Fsp3) is 0.211. The summed E-state index contributed by atoms with van der Waals surface area (Å²) in [7, 11) is 1.44. The van der Waals surface area contributed by atoms with Crippen LogP contribution in [-0.4, -0.2) is 45.0 Å². The Balaban J connectivity index is 1.63. The summed E-state index contributed by atoms with van der Waals surface area (Å²) in [6.07, 6.45) is 0. The van der Waals surface area contributed by atoms with Crippen LogP contribution in [0.2, 0.25) is 10.0 Å². The number of carbonyl (C=O) groups is 1. The molecule has 11 heteroatoms. The van der Waals surface area contributed by atoms with Gasteiger partial charge < -0.3 is 9.84 Å². The molecule has 30 heavy (non-hydrogen) atoms. The highest BCUT2D eigenvalue weighted by atomic mass is 35.5. The van der Waals surface area contributed by atoms with Crippen molar-refractivity contribution in [1.29, 1.82) is 0 Å². The topological polar surface area (TPSA) is 74.5 Å². The van der Waals surface area contributed by atoms with E-state index in [1.54, 1.807) is 12.1 Å². The molecule has 156 valence electrons. The van der Waals surface area contributed by atoms with Gasteiger partial charge in [0.25, 0.3) is 0 Å². The van der Waals surface area contributed by atoms with Crippen LogP contribution in [0.15, 0.2) is 40.5 Å². The second-order valence-corrected chi connectivity index (χ2v) is 8.68. The lowest BCUT2D eigenvalue weighted by Crippen LogP contribution is -2.58. The summed E-state index contributed by atoms with van der Waals surface area (Å²) in [5.41, 5.74) is 1.47. The van der Waals surface area contributed by atoms with Crippen molar-refractivity contribution in [2.24, 2.45) is 10.2 Å². The molecule has 0 aliphatic carbocycles. The summed E-state index contributed by atoms with van der Waals surface area (Å²) in [6, 6.07) is 6.81. The van der Waals surface area contributed by atoms with Crippen LogP contribution in [-0.2, 0) is 4.79 Å². The molecule has 0 aromatic heterocycles. The molecule has 1 fully saturated rings. The lowest BCUT2D eigenvalue weighted by molar-refractivity contribution is -0.138. The third kappa shape index (κ3) is 3.62. The predicted molar refractivity (Wildman–Crippen MR) is 117 cm³/mol. The van der Waals surface area contributed by atoms with Crippen LogP contribution in [0.1, 0.15) is 17.2 Å². The number of hydrogen-bond acceptors (Lipinski definition) is 6. The normalized spacial score (nSPS) is 21.1. The lowest BCUT2D eigenvalue weighted by atomic mass is 9.93. The molecule has 2 aromatic carbocycles. The molecule has 0 bridgehead atoms. The van der Waals surface area contributed by atoms with Crippen molar-refractivity contribution in [1.82, 2.24) is 4.90 Å². The first-order valence-corrected chi connectivity index (χ1v) is 10.8. The summed E-state index contributed by atoms with van der Waals surface area (Å²) >= 11 is 19.4. The number of methoxy groups -OCH3 is 1. The SMILES string of the molecule is COc1ccc(C2C(Cl)C(=O)N2C2=NN=C(c3cc(F)c(Cl)cc3Cl)CS2)cc1O. The van der Waals surface area contributed by atoms with E-state index in [0.29, 0.717) is 33.5 Å². The van der Waals surface area contributed by atoms with E-state index in [1.165, 1.54) is 42.0 Å². The number of amidine groups is 1. The number of likely N-dealkylation sites (tertiary alicyclic amines) is 1. The molecule has 2 aliphatic rings. The second-order valence-electron chi connectivity index (χ2n) is 6.45. The van der Waals surface area contributed by atoms with E-state index in [-0.39, 0.29) is 21.7 Å². The Hall–Kier alpha value is -2.00. The Morgan fingerprint density at radius 1 is 1.23 bits per heavy atom. The van der Waals surface area contributed by atoms with Crippen molar-refractivity contribution in [3.05, 3.63) is 57.3 Å². The maximum atomic E-state index is 13.8. The molecular weight excluding hydrogens is 476 g/mol. The average molecular weight is 489 g/mol. The number of aromatic hydroxyl groups is 1. The van der Waals surface area contributed by atoms with Crippen LogP contribution in [0.25, 0.3) is 0 Å². The van der Waals surface area contributed by atoms with E-state index in [4.69, 9.17) is 39.5 Å². The van der Waals surface area contributed by atoms with Gasteiger partial charge in [0.05, 0.1) is 28.9 Å². The second kappa shape index (κ2) is 8.26. The molecule has 0 spiro atoms. The van der Waals surface area contributed by atoms with Gasteiger partial charge in [0.15, 0.2) is 16.7 Å². The maximum absolute atomic E-state index is 13.8. The van der Waals surface area contributed by atoms with Gasteiger partial charge in [-0.25, -0.2) is 4.39 Å². The largest absolute Gasteiger partial charge is 0.504 e. The molecule has 2 aliphatic heterocycles. The lowest BCUT2D eigenvalue weighted by Gasteiger charge is -2.44. The number of hydrogen-bond donors (Lipinski definition) is 1. The van der Waals surface area contributed by atoms with E-state index in [1.807, 2.05) is 0 Å². The van der Waals surface area contributed by atoms with Crippen molar-refractivity contribution in [2.45, 2.75) is 11.4 Å². The molecule has 2 heterocycles. The molecule has 4 rings (SSSR count). The van der Waals surface area contributed by atoms with Gasteiger partial charge in [-0.15, -0.1) is 16.7 Å². The van der Waals surface area contributed by atoms with E-state index in [2.05, 4.69) is 10.2 Å². The Labute approximate surface area is 190 Å². The van der Waals surface area contributed by atoms with E-state index in [9.17, 15) is 14.3 Å². The Morgan fingerprint density at radius 2 is 2.00 bits per heavy atom. The number of ether oxygens (including phenoxy) is 1. The first-order chi connectivity index (χ1) is 14.3. The standard InChI is InChI=1S/C19H13Cl3FN3O3S/c1-29-15-3-2-8(4-14(15)27)17-16(22)18(28)26(17)19-25-24-13(7-30-19)9-5-12(23)11(21)6-10(9)20/h2-6,16-17,27H,7H2,1H3. The zero-order valence-corrected chi connectivity index (χ0v) is 18.4. The van der Waals surface area contributed by atoms with Gasteiger partial charge in [0.1, 0.15) is 11.2 Å². The van der Waals surface area contributed by atoms with Gasteiger partial charge in [0.2, 0.25) is 5.91 Å². The minimum atomic E-state index is -0.800. The number of amides is 1. The number of rotatable bonds is 3. The van der Waals surface area contributed by atoms with Gasteiger partial charge in [-0.3, -0.25) is 9.69 Å². The fourth-order valence-corrected chi connectivity index (χ4v) is 4.94. The molecule has 2 aromatic rings. The minimum Gasteiger partial charge on any atom is -0.504 e. The summed E-state index contributed by atoms with van der Waals surface area (Å²) in [5.74, 6) is -0.362. The molecule has 1 N–H and O–H groups in total. The van der Waals surface area contributed by atoms with Crippen molar-refractivity contribution in [3.8, 4) is 11.5 Å². The molecule has 1 amide bonds. The number of benzene rings is 2. The highest BCUT2D eigenvalue weighted by Gasteiger charge is 2.50. The van der Waals surface area contributed by atoms with Gasteiger partial charge >= 0.3 is 0 Å². The number of β-lactam (4-membered cyclic amide) rings is 1. The number of phenolic OH excluding ortho intramolecular Hbond substituents is 1. The Bertz CT molecular complexity index is 1110. The molecular formula is C19H13Cl3FN3O3S. The molecule has 1 saturated heterocycles. The minimum absolute atomic E-state index is 0.0592. The van der Waals surface area contributed by atoms with E-state index in [0.717, 1.165) is 0 Å². The first kappa shape index (κ1) is 21.2. The van der Waals surface area contributed by atoms with Gasteiger partial charge in [0, 0.05) is 11.3 Å². The number of carbonyl (C=O) groups excluding carboxylic acids is 1. The Kier molecular flexibility index (Phi) is 5.85. The zero-order valence-electron chi connectivity index (χ0n) is 15.3. The molecule has 2 atom stereocenters. The zero-order chi connectivity index (χ0) is 21.6. The van der Waals surface area contributed by atoms with E-state index >= 15 is 0 Å². The number of nitrogens with zero attached hydrogens (tertiary/aromatic N) is 3. The quantitative estimate of drug-likeness (QED) is 0.381. The smallest absolute Gasteiger partial charge is 0.249 e. The fourth-order valence-electron chi connectivity index (χ4n) is 3.16. The molecule has 0 saturated carbocycles.